The molecule has 1 N–H and O–H groups in total. The molecule has 0 bridgehead atoms. The van der Waals surface area contributed by atoms with Crippen molar-refractivity contribution < 1.29 is 33.3 Å². The van der Waals surface area contributed by atoms with Gasteiger partial charge in [-0.1, -0.05) is 6.07 Å². The zero-order valence-corrected chi connectivity index (χ0v) is 16.3. The van der Waals surface area contributed by atoms with Crippen LogP contribution >= 0.6 is 11.3 Å². The van der Waals surface area contributed by atoms with Crippen LogP contribution in [0.2, 0.25) is 0 Å². The van der Waals surface area contributed by atoms with Crippen LogP contribution in [0.15, 0.2) is 35.7 Å². The van der Waals surface area contributed by atoms with E-state index in [9.17, 15) is 14.4 Å². The minimum absolute atomic E-state index is 0.391. The number of hydrogen-bond donors (Lipinski definition) is 1. The minimum Gasteiger partial charge on any atom is -0.493 e. The van der Waals surface area contributed by atoms with E-state index in [2.05, 4.69) is 5.32 Å². The number of amides is 2. The normalized spacial score (nSPS) is 10.4. The second-order valence-corrected chi connectivity index (χ2v) is 6.20. The number of thiophene rings is 1. The van der Waals surface area contributed by atoms with Gasteiger partial charge < -0.3 is 18.9 Å². The highest BCUT2D eigenvalue weighted by atomic mass is 32.1. The molecule has 148 valence electrons. The third-order valence-corrected chi connectivity index (χ3v) is 4.31. The number of carbonyl (C=O) groups excluding carboxylic acids is 3. The Labute approximate surface area is 165 Å². The predicted molar refractivity (Wildman–Crippen MR) is 103 cm³/mol. The van der Waals surface area contributed by atoms with Crippen LogP contribution in [0.5, 0.6) is 17.2 Å². The zero-order valence-electron chi connectivity index (χ0n) is 15.5. The van der Waals surface area contributed by atoms with E-state index in [1.165, 1.54) is 38.7 Å². The lowest BCUT2D eigenvalue weighted by Crippen LogP contribution is -2.33. The maximum atomic E-state index is 11.8. The Hall–Kier alpha value is -3.33. The first-order valence-electron chi connectivity index (χ1n) is 8.01. The highest BCUT2D eigenvalue weighted by Crippen LogP contribution is 2.38. The van der Waals surface area contributed by atoms with E-state index in [1.807, 2.05) is 0 Å². The van der Waals surface area contributed by atoms with Crippen LogP contribution in [0.3, 0.4) is 0 Å². The number of nitrogens with one attached hydrogen (secondary N) is 1. The van der Waals surface area contributed by atoms with Crippen molar-refractivity contribution >= 4 is 35.2 Å². The van der Waals surface area contributed by atoms with Gasteiger partial charge in [-0.2, -0.15) is 0 Å². The first kappa shape index (κ1) is 21.0. The molecule has 1 heterocycles. The number of carbonyl (C=O) groups is 3. The molecule has 0 radical (unpaired) electrons. The van der Waals surface area contributed by atoms with E-state index < -0.39 is 24.4 Å². The van der Waals surface area contributed by atoms with E-state index in [4.69, 9.17) is 18.9 Å². The van der Waals surface area contributed by atoms with Gasteiger partial charge in [0.2, 0.25) is 5.75 Å². The number of benzene rings is 1. The quantitative estimate of drug-likeness (QED) is 0.531. The molecule has 0 saturated heterocycles. The monoisotopic (exact) mass is 405 g/mol. The third-order valence-electron chi connectivity index (χ3n) is 3.44. The van der Waals surface area contributed by atoms with Crippen LogP contribution in [0.25, 0.3) is 6.08 Å². The molecule has 0 atom stereocenters. The van der Waals surface area contributed by atoms with Crippen molar-refractivity contribution in [1.29, 1.82) is 0 Å². The topological polar surface area (TPSA) is 100 Å². The van der Waals surface area contributed by atoms with Crippen molar-refractivity contribution in [2.75, 3.05) is 27.9 Å². The number of methoxy groups -OCH3 is 3. The standard InChI is InChI=1S/C19H19NO7S/c1-24-13-9-12(10-14(25-2)18(13)26-3)6-7-17(22)27-11-16(21)20-19(23)15-5-4-8-28-15/h4-10H,11H2,1-3H3,(H,20,21,23)/b7-6+. The number of ether oxygens (including phenoxy) is 4. The smallest absolute Gasteiger partial charge is 0.331 e. The second-order valence-electron chi connectivity index (χ2n) is 5.25. The Morgan fingerprint density at radius 1 is 1.07 bits per heavy atom. The Bertz CT molecular complexity index is 849. The number of esters is 1. The Morgan fingerprint density at radius 2 is 1.75 bits per heavy atom. The molecule has 0 aliphatic heterocycles. The zero-order chi connectivity index (χ0) is 20.5. The maximum Gasteiger partial charge on any atom is 0.331 e. The van der Waals surface area contributed by atoms with Gasteiger partial charge in [0.1, 0.15) is 0 Å². The van der Waals surface area contributed by atoms with Crippen LogP contribution in [0.4, 0.5) is 0 Å². The lowest BCUT2D eigenvalue weighted by molar-refractivity contribution is -0.143. The van der Waals surface area contributed by atoms with E-state index in [-0.39, 0.29) is 0 Å². The van der Waals surface area contributed by atoms with Crippen LogP contribution < -0.4 is 19.5 Å². The summed E-state index contributed by atoms with van der Waals surface area (Å²) in [7, 11) is 4.45. The molecule has 2 aromatic rings. The van der Waals surface area contributed by atoms with Gasteiger partial charge in [-0.25, -0.2) is 4.79 Å². The summed E-state index contributed by atoms with van der Waals surface area (Å²) in [5.74, 6) is -0.705. The molecule has 0 unspecified atom stereocenters. The molecule has 28 heavy (non-hydrogen) atoms. The summed E-state index contributed by atoms with van der Waals surface area (Å²) in [6, 6.07) is 6.58. The van der Waals surface area contributed by atoms with E-state index in [0.29, 0.717) is 27.7 Å². The molecule has 9 heteroatoms. The molecule has 0 aliphatic carbocycles. The summed E-state index contributed by atoms with van der Waals surface area (Å²) >= 11 is 1.20. The van der Waals surface area contributed by atoms with Crippen molar-refractivity contribution in [3.05, 3.63) is 46.2 Å². The van der Waals surface area contributed by atoms with Crippen molar-refractivity contribution in [2.24, 2.45) is 0 Å². The maximum absolute atomic E-state index is 11.8. The van der Waals surface area contributed by atoms with E-state index >= 15 is 0 Å². The van der Waals surface area contributed by atoms with Crippen LogP contribution in [0.1, 0.15) is 15.2 Å². The molecule has 0 aliphatic rings. The minimum atomic E-state index is -0.743. The number of rotatable bonds is 8. The van der Waals surface area contributed by atoms with Crippen molar-refractivity contribution in [3.63, 3.8) is 0 Å². The highest BCUT2D eigenvalue weighted by Gasteiger charge is 2.14. The number of hydrogen-bond acceptors (Lipinski definition) is 8. The number of imide groups is 1. The second kappa shape index (κ2) is 10.1. The summed E-state index contributed by atoms with van der Waals surface area (Å²) in [6.07, 6.45) is 2.62. The van der Waals surface area contributed by atoms with Gasteiger partial charge in [-0.3, -0.25) is 14.9 Å². The molecule has 0 saturated carbocycles. The molecule has 1 aromatic heterocycles. The molecule has 8 nitrogen and oxygen atoms in total. The fourth-order valence-electron chi connectivity index (χ4n) is 2.18. The van der Waals surface area contributed by atoms with Gasteiger partial charge >= 0.3 is 5.97 Å². The van der Waals surface area contributed by atoms with Crippen LogP contribution in [0, 0.1) is 0 Å². The van der Waals surface area contributed by atoms with Gasteiger partial charge in [-0.05, 0) is 35.2 Å². The van der Waals surface area contributed by atoms with Crippen molar-refractivity contribution in [1.82, 2.24) is 5.32 Å². The molecule has 0 fully saturated rings. The SMILES string of the molecule is COc1cc(/C=C/C(=O)OCC(=O)NC(=O)c2cccs2)cc(OC)c1OC. The average molecular weight is 405 g/mol. The third kappa shape index (κ3) is 5.58. The van der Waals surface area contributed by atoms with Crippen molar-refractivity contribution in [2.45, 2.75) is 0 Å². The van der Waals surface area contributed by atoms with E-state index in [1.54, 1.807) is 29.6 Å². The summed E-state index contributed by atoms with van der Waals surface area (Å²) in [4.78, 5) is 35.6. The van der Waals surface area contributed by atoms with Gasteiger partial charge in [-0.15, -0.1) is 11.3 Å². The average Bonchev–Trinajstić information content (AvgIpc) is 3.24. The first-order chi connectivity index (χ1) is 13.5. The summed E-state index contributed by atoms with van der Waals surface area (Å²) in [5.41, 5.74) is 0.601. The Kier molecular flexibility index (Phi) is 7.58. The Morgan fingerprint density at radius 3 is 2.29 bits per heavy atom. The predicted octanol–water partition coefficient (Wildman–Crippen LogP) is 2.29. The largest absolute Gasteiger partial charge is 0.493 e. The van der Waals surface area contributed by atoms with E-state index in [0.717, 1.165) is 6.08 Å². The summed E-state index contributed by atoms with van der Waals surface area (Å²) in [5, 5.41) is 3.85. The molecular weight excluding hydrogens is 386 g/mol. The Balaban J connectivity index is 1.92. The molecule has 2 rings (SSSR count). The molecule has 0 spiro atoms. The molecule has 1 aromatic carbocycles. The summed E-state index contributed by atoms with van der Waals surface area (Å²) < 4.78 is 20.5. The van der Waals surface area contributed by atoms with Crippen LogP contribution in [-0.4, -0.2) is 45.7 Å². The fourth-order valence-corrected chi connectivity index (χ4v) is 2.80. The summed E-state index contributed by atoms with van der Waals surface area (Å²) in [6.45, 7) is -0.574. The fraction of sp³-hybridized carbons (Fsp3) is 0.211. The van der Waals surface area contributed by atoms with Gasteiger partial charge in [0.05, 0.1) is 26.2 Å². The van der Waals surface area contributed by atoms with Gasteiger partial charge in [0.15, 0.2) is 18.1 Å². The highest BCUT2D eigenvalue weighted by molar-refractivity contribution is 7.12. The van der Waals surface area contributed by atoms with Gasteiger partial charge in [0.25, 0.3) is 11.8 Å². The van der Waals surface area contributed by atoms with Crippen LogP contribution in [-0.2, 0) is 14.3 Å². The molecule has 2 amide bonds. The first-order valence-corrected chi connectivity index (χ1v) is 8.89. The lowest BCUT2D eigenvalue weighted by Gasteiger charge is -2.12. The van der Waals surface area contributed by atoms with Crippen molar-refractivity contribution in [3.8, 4) is 17.2 Å². The lowest BCUT2D eigenvalue weighted by atomic mass is 10.1. The molecular formula is C19H19NO7S. The van der Waals surface area contributed by atoms with Gasteiger partial charge in [0, 0.05) is 6.08 Å².